The quantitative estimate of drug-likeness (QED) is 0.207. The molecule has 0 saturated carbocycles. The highest BCUT2D eigenvalue weighted by Crippen LogP contribution is 2.28. The van der Waals surface area contributed by atoms with E-state index in [0.717, 1.165) is 22.3 Å². The Kier molecular flexibility index (Phi) is 10.8. The fourth-order valence-electron chi connectivity index (χ4n) is 4.70. The molecule has 0 aliphatic heterocycles. The maximum absolute atomic E-state index is 13.9. The molecule has 0 fully saturated rings. The second-order valence-electron chi connectivity index (χ2n) is 9.72. The molecule has 42 heavy (non-hydrogen) atoms. The summed E-state index contributed by atoms with van der Waals surface area (Å²) in [6.07, 6.45) is 0.695. The minimum absolute atomic E-state index is 0.121. The van der Waals surface area contributed by atoms with Crippen molar-refractivity contribution in [2.24, 2.45) is 0 Å². The van der Waals surface area contributed by atoms with Crippen LogP contribution in [0.1, 0.15) is 28.3 Å². The Morgan fingerprint density at radius 2 is 1.40 bits per heavy atom. The number of nitrogens with zero attached hydrogens (tertiary/aromatic N) is 1. The number of nitrogens with one attached hydrogen (secondary N) is 1. The topological polar surface area (TPSA) is 77.1 Å². The summed E-state index contributed by atoms with van der Waals surface area (Å²) < 4.78 is 16.0. The van der Waals surface area contributed by atoms with Crippen LogP contribution in [0.2, 0.25) is 5.02 Å². The van der Waals surface area contributed by atoms with Gasteiger partial charge in [0.1, 0.15) is 11.8 Å². The lowest BCUT2D eigenvalue weighted by molar-refractivity contribution is -0.141. The predicted octanol–water partition coefficient (Wildman–Crippen LogP) is 6.04. The van der Waals surface area contributed by atoms with Gasteiger partial charge in [-0.25, -0.2) is 0 Å². The van der Waals surface area contributed by atoms with Gasteiger partial charge in [0.25, 0.3) is 0 Å². The van der Waals surface area contributed by atoms with Crippen LogP contribution in [-0.2, 0) is 29.0 Å². The van der Waals surface area contributed by atoms with E-state index >= 15 is 0 Å². The van der Waals surface area contributed by atoms with Crippen molar-refractivity contribution in [3.63, 3.8) is 0 Å². The van der Waals surface area contributed by atoms with Crippen LogP contribution in [-0.4, -0.2) is 44.6 Å². The Morgan fingerprint density at radius 3 is 2.05 bits per heavy atom. The monoisotopic (exact) mass is 586 g/mol. The number of benzene rings is 4. The second-order valence-corrected chi connectivity index (χ2v) is 10.2. The van der Waals surface area contributed by atoms with E-state index in [1.54, 1.807) is 38.4 Å². The highest BCUT2D eigenvalue weighted by atomic mass is 35.5. The molecule has 2 amide bonds. The minimum Gasteiger partial charge on any atom is -0.497 e. The van der Waals surface area contributed by atoms with Crippen molar-refractivity contribution in [2.75, 3.05) is 27.9 Å². The Bertz CT molecular complexity index is 1460. The molecule has 8 heteroatoms. The average molecular weight is 587 g/mol. The van der Waals surface area contributed by atoms with Crippen LogP contribution < -0.4 is 19.5 Å². The molecular formula is C34H35ClN2O5. The Morgan fingerprint density at radius 1 is 0.762 bits per heavy atom. The van der Waals surface area contributed by atoms with Crippen LogP contribution >= 0.6 is 11.6 Å². The highest BCUT2D eigenvalue weighted by molar-refractivity contribution is 6.30. The van der Waals surface area contributed by atoms with E-state index in [4.69, 9.17) is 25.8 Å². The average Bonchev–Trinajstić information content (AvgIpc) is 3.02. The van der Waals surface area contributed by atoms with Gasteiger partial charge >= 0.3 is 0 Å². The maximum atomic E-state index is 13.9. The van der Waals surface area contributed by atoms with Crippen molar-refractivity contribution in [1.29, 1.82) is 0 Å². The molecule has 7 nitrogen and oxygen atoms in total. The number of ether oxygens (including phenoxy) is 3. The standard InChI is InChI=1S/C34H35ClN2O5/c1-40-29-16-11-26(12-17-29)23-37(32(38)22-24-9-14-28(35)15-10-24)33(27-7-5-4-6-8-27)34(39)36-20-19-25-13-18-30(41-2)31(21-25)42-3/h4-18,21,33H,19-20,22-23H2,1-3H3,(H,36,39). The Hall–Kier alpha value is -4.49. The summed E-state index contributed by atoms with van der Waals surface area (Å²) in [4.78, 5) is 29.5. The maximum Gasteiger partial charge on any atom is 0.247 e. The third-order valence-electron chi connectivity index (χ3n) is 6.94. The van der Waals surface area contributed by atoms with Crippen molar-refractivity contribution in [1.82, 2.24) is 10.2 Å². The normalized spacial score (nSPS) is 11.3. The number of halogens is 1. The van der Waals surface area contributed by atoms with Crippen molar-refractivity contribution >= 4 is 23.4 Å². The number of amides is 2. The third-order valence-corrected chi connectivity index (χ3v) is 7.19. The van der Waals surface area contributed by atoms with Crippen LogP contribution in [0.4, 0.5) is 0 Å². The number of carbonyl (C=O) groups is 2. The van der Waals surface area contributed by atoms with Crippen molar-refractivity contribution in [3.05, 3.63) is 124 Å². The van der Waals surface area contributed by atoms with E-state index < -0.39 is 6.04 Å². The molecule has 4 aromatic rings. The summed E-state index contributed by atoms with van der Waals surface area (Å²) >= 11 is 6.07. The fraction of sp³-hybridized carbons (Fsp3) is 0.235. The van der Waals surface area contributed by atoms with Crippen LogP contribution in [0.3, 0.4) is 0 Å². The summed E-state index contributed by atoms with van der Waals surface area (Å²) in [5, 5.41) is 3.66. The molecule has 0 bridgehead atoms. The van der Waals surface area contributed by atoms with E-state index in [1.165, 1.54) is 0 Å². The highest BCUT2D eigenvalue weighted by Gasteiger charge is 2.31. The molecule has 4 rings (SSSR count). The molecule has 0 aromatic heterocycles. The first kappa shape index (κ1) is 30.5. The van der Waals surface area contributed by atoms with Gasteiger partial charge in [-0.05, 0) is 65.1 Å². The zero-order valence-corrected chi connectivity index (χ0v) is 24.8. The van der Waals surface area contributed by atoms with E-state index in [0.29, 0.717) is 35.2 Å². The Balaban J connectivity index is 1.60. The van der Waals surface area contributed by atoms with Gasteiger partial charge < -0.3 is 24.4 Å². The van der Waals surface area contributed by atoms with Gasteiger partial charge in [-0.2, -0.15) is 0 Å². The van der Waals surface area contributed by atoms with E-state index in [1.807, 2.05) is 84.9 Å². The smallest absolute Gasteiger partial charge is 0.247 e. The molecule has 0 aliphatic rings. The summed E-state index contributed by atoms with van der Waals surface area (Å²) in [6, 6.07) is 28.9. The first-order valence-electron chi connectivity index (χ1n) is 13.6. The summed E-state index contributed by atoms with van der Waals surface area (Å²) in [7, 11) is 4.79. The van der Waals surface area contributed by atoms with Crippen LogP contribution in [0.15, 0.2) is 97.1 Å². The van der Waals surface area contributed by atoms with Crippen LogP contribution in [0.5, 0.6) is 17.2 Å². The third kappa shape index (κ3) is 8.04. The summed E-state index contributed by atoms with van der Waals surface area (Å²) in [5.41, 5.74) is 3.39. The van der Waals surface area contributed by atoms with Crippen molar-refractivity contribution in [3.8, 4) is 17.2 Å². The van der Waals surface area contributed by atoms with Gasteiger partial charge in [-0.1, -0.05) is 72.3 Å². The predicted molar refractivity (Wildman–Crippen MR) is 164 cm³/mol. The molecule has 1 atom stereocenters. The molecule has 0 saturated heterocycles. The number of carbonyl (C=O) groups excluding carboxylic acids is 2. The van der Waals surface area contributed by atoms with Gasteiger partial charge in [-0.15, -0.1) is 0 Å². The number of hydrogen-bond acceptors (Lipinski definition) is 5. The van der Waals surface area contributed by atoms with Gasteiger partial charge in [0.05, 0.1) is 27.8 Å². The second kappa shape index (κ2) is 14.9. The van der Waals surface area contributed by atoms with Gasteiger partial charge in [0.2, 0.25) is 11.8 Å². The lowest BCUT2D eigenvalue weighted by Crippen LogP contribution is -2.44. The minimum atomic E-state index is -0.849. The van der Waals surface area contributed by atoms with E-state index in [9.17, 15) is 9.59 Å². The van der Waals surface area contributed by atoms with E-state index in [2.05, 4.69) is 5.32 Å². The molecular weight excluding hydrogens is 552 g/mol. The molecule has 1 unspecified atom stereocenters. The molecule has 0 heterocycles. The van der Waals surface area contributed by atoms with Crippen molar-refractivity contribution < 1.29 is 23.8 Å². The largest absolute Gasteiger partial charge is 0.497 e. The zero-order valence-electron chi connectivity index (χ0n) is 24.0. The zero-order chi connectivity index (χ0) is 29.9. The SMILES string of the molecule is COc1ccc(CN(C(=O)Cc2ccc(Cl)cc2)C(C(=O)NCCc2ccc(OC)c(OC)c2)c2ccccc2)cc1. The van der Waals surface area contributed by atoms with Gasteiger partial charge in [-0.3, -0.25) is 9.59 Å². The van der Waals surface area contributed by atoms with Crippen LogP contribution in [0.25, 0.3) is 0 Å². The summed E-state index contributed by atoms with van der Waals surface area (Å²) in [6.45, 7) is 0.610. The fourth-order valence-corrected chi connectivity index (χ4v) is 4.83. The first-order valence-corrected chi connectivity index (χ1v) is 14.0. The number of rotatable bonds is 13. The summed E-state index contributed by atoms with van der Waals surface area (Å²) in [5.74, 6) is 1.53. The lowest BCUT2D eigenvalue weighted by atomic mass is 10.0. The molecule has 0 aliphatic carbocycles. The lowest BCUT2D eigenvalue weighted by Gasteiger charge is -2.32. The molecule has 1 N–H and O–H groups in total. The molecule has 0 radical (unpaired) electrons. The molecule has 0 spiro atoms. The first-order chi connectivity index (χ1) is 20.4. The van der Waals surface area contributed by atoms with Gasteiger partial charge in [0, 0.05) is 18.1 Å². The molecule has 4 aromatic carbocycles. The van der Waals surface area contributed by atoms with Crippen LogP contribution in [0, 0.1) is 0 Å². The number of hydrogen-bond donors (Lipinski definition) is 1. The Labute approximate surface area is 252 Å². The van der Waals surface area contributed by atoms with Gasteiger partial charge in [0.15, 0.2) is 11.5 Å². The van der Waals surface area contributed by atoms with E-state index in [-0.39, 0.29) is 24.8 Å². The number of methoxy groups -OCH3 is 3. The molecule has 218 valence electrons. The van der Waals surface area contributed by atoms with Crippen molar-refractivity contribution in [2.45, 2.75) is 25.4 Å².